The first-order chi connectivity index (χ1) is 19.5. The zero-order valence-corrected chi connectivity index (χ0v) is 23.3. The Morgan fingerprint density at radius 3 is 2.20 bits per heavy atom. The molecule has 0 saturated carbocycles. The fourth-order valence-corrected chi connectivity index (χ4v) is 5.36. The van der Waals surface area contributed by atoms with Gasteiger partial charge in [-0.25, -0.2) is 14.6 Å². The molecular formula is C33H34N6O. The summed E-state index contributed by atoms with van der Waals surface area (Å²) in [5, 5.41) is 5.88. The normalized spacial score (nSPS) is 14.0. The van der Waals surface area contributed by atoms with Crippen LogP contribution < -0.4 is 4.90 Å². The van der Waals surface area contributed by atoms with E-state index < -0.39 is 0 Å². The lowest BCUT2D eigenvalue weighted by Crippen LogP contribution is -2.35. The van der Waals surface area contributed by atoms with Gasteiger partial charge in [-0.05, 0) is 57.0 Å². The van der Waals surface area contributed by atoms with E-state index >= 15 is 0 Å². The minimum atomic E-state index is 0.0859. The second-order valence-corrected chi connectivity index (χ2v) is 10.7. The van der Waals surface area contributed by atoms with E-state index in [4.69, 9.17) is 15.1 Å². The van der Waals surface area contributed by atoms with Crippen molar-refractivity contribution in [1.82, 2.24) is 24.6 Å². The molecule has 0 unspecified atom stereocenters. The molecule has 0 bridgehead atoms. The molecule has 3 aromatic carbocycles. The Labute approximate surface area is 235 Å². The van der Waals surface area contributed by atoms with Crippen LogP contribution in [0.1, 0.15) is 45.0 Å². The molecule has 0 spiro atoms. The number of hydrogen-bond acceptors (Lipinski definition) is 5. The summed E-state index contributed by atoms with van der Waals surface area (Å²) in [6, 6.07) is 26.5. The van der Waals surface area contributed by atoms with E-state index in [9.17, 15) is 4.79 Å². The summed E-state index contributed by atoms with van der Waals surface area (Å²) in [7, 11) is 0. The number of aromatic nitrogens is 4. The molecule has 3 heterocycles. The molecule has 2 aromatic heterocycles. The fourth-order valence-electron chi connectivity index (χ4n) is 5.36. The van der Waals surface area contributed by atoms with Crippen molar-refractivity contribution in [3.8, 4) is 5.69 Å². The van der Waals surface area contributed by atoms with Crippen LogP contribution in [-0.2, 0) is 6.42 Å². The minimum Gasteiger partial charge on any atom is -0.354 e. The standard InChI is InChI=1S/C33H34N6O/c1-23-10-14-26(15-11-23)22-29-34-31(30-25(3)36-39(32(30)35-29)28-8-5-4-6-9-28)37-18-7-19-38(21-20-37)33(40)27-16-12-24(2)13-17-27/h4-6,8-17H,7,18-22H2,1-3H3. The molecule has 0 radical (unpaired) electrons. The Kier molecular flexibility index (Phi) is 7.03. The van der Waals surface area contributed by atoms with Crippen LogP contribution in [-0.4, -0.2) is 56.7 Å². The Balaban J connectivity index is 1.37. The van der Waals surface area contributed by atoms with Crippen LogP contribution in [0.4, 0.5) is 5.82 Å². The van der Waals surface area contributed by atoms with Gasteiger partial charge < -0.3 is 9.80 Å². The third-order valence-corrected chi connectivity index (χ3v) is 7.59. The van der Waals surface area contributed by atoms with Crippen molar-refractivity contribution in [3.05, 3.63) is 113 Å². The molecule has 7 nitrogen and oxygen atoms in total. The van der Waals surface area contributed by atoms with Crippen molar-refractivity contribution in [2.45, 2.75) is 33.6 Å². The highest BCUT2D eigenvalue weighted by molar-refractivity contribution is 5.94. The molecular weight excluding hydrogens is 496 g/mol. The SMILES string of the molecule is Cc1ccc(Cc2nc(N3CCCN(C(=O)c4ccc(C)cc4)CC3)c3c(C)nn(-c4ccccc4)c3n2)cc1. The molecule has 0 N–H and O–H groups in total. The van der Waals surface area contributed by atoms with Crippen LogP contribution in [0.15, 0.2) is 78.9 Å². The molecule has 5 aromatic rings. The van der Waals surface area contributed by atoms with E-state index in [1.165, 1.54) is 11.1 Å². The van der Waals surface area contributed by atoms with Gasteiger partial charge >= 0.3 is 0 Å². The van der Waals surface area contributed by atoms with Crippen molar-refractivity contribution < 1.29 is 4.79 Å². The number of aryl methyl sites for hydroxylation is 3. The molecule has 0 atom stereocenters. The molecule has 202 valence electrons. The number of hydrogen-bond donors (Lipinski definition) is 0. The first kappa shape index (κ1) is 25.7. The Morgan fingerprint density at radius 1 is 0.775 bits per heavy atom. The number of carbonyl (C=O) groups excluding carboxylic acids is 1. The first-order valence-electron chi connectivity index (χ1n) is 13.9. The van der Waals surface area contributed by atoms with Gasteiger partial charge in [0.1, 0.15) is 11.6 Å². The molecule has 1 saturated heterocycles. The first-order valence-corrected chi connectivity index (χ1v) is 13.9. The van der Waals surface area contributed by atoms with Crippen molar-refractivity contribution in [3.63, 3.8) is 0 Å². The summed E-state index contributed by atoms with van der Waals surface area (Å²) in [6.45, 7) is 9.02. The smallest absolute Gasteiger partial charge is 0.253 e. The van der Waals surface area contributed by atoms with E-state index in [0.29, 0.717) is 19.5 Å². The molecule has 40 heavy (non-hydrogen) atoms. The lowest BCUT2D eigenvalue weighted by Gasteiger charge is -2.24. The van der Waals surface area contributed by atoms with E-state index in [0.717, 1.165) is 64.7 Å². The maximum Gasteiger partial charge on any atom is 0.253 e. The molecule has 7 heteroatoms. The number of anilines is 1. The average Bonchev–Trinajstić information content (AvgIpc) is 3.13. The lowest BCUT2D eigenvalue weighted by molar-refractivity contribution is 0.0767. The van der Waals surface area contributed by atoms with Crippen LogP contribution in [0.3, 0.4) is 0 Å². The largest absolute Gasteiger partial charge is 0.354 e. The Hall–Kier alpha value is -4.52. The van der Waals surface area contributed by atoms with Crippen LogP contribution in [0.5, 0.6) is 0 Å². The summed E-state index contributed by atoms with van der Waals surface area (Å²) >= 11 is 0. The highest BCUT2D eigenvalue weighted by Gasteiger charge is 2.25. The number of nitrogens with zero attached hydrogens (tertiary/aromatic N) is 6. The summed E-state index contributed by atoms with van der Waals surface area (Å²) in [6.07, 6.45) is 1.50. The molecule has 1 fully saturated rings. The van der Waals surface area contributed by atoms with E-state index in [2.05, 4.69) is 36.1 Å². The summed E-state index contributed by atoms with van der Waals surface area (Å²) < 4.78 is 1.93. The zero-order valence-electron chi connectivity index (χ0n) is 23.3. The highest BCUT2D eigenvalue weighted by atomic mass is 16.2. The van der Waals surface area contributed by atoms with Gasteiger partial charge in [0.05, 0.1) is 16.8 Å². The maximum atomic E-state index is 13.3. The third kappa shape index (κ3) is 5.19. The van der Waals surface area contributed by atoms with Gasteiger partial charge in [-0.1, -0.05) is 65.7 Å². The Bertz CT molecular complexity index is 1640. The number of para-hydroxylation sites is 1. The zero-order chi connectivity index (χ0) is 27.6. The van der Waals surface area contributed by atoms with Crippen molar-refractivity contribution in [2.24, 2.45) is 0 Å². The third-order valence-electron chi connectivity index (χ3n) is 7.59. The van der Waals surface area contributed by atoms with Gasteiger partial charge in [0, 0.05) is 38.2 Å². The fraction of sp³-hybridized carbons (Fsp3) is 0.273. The number of amides is 1. The van der Waals surface area contributed by atoms with E-state index in [1.54, 1.807) is 0 Å². The predicted octanol–water partition coefficient (Wildman–Crippen LogP) is 5.68. The van der Waals surface area contributed by atoms with Crippen LogP contribution >= 0.6 is 0 Å². The maximum absolute atomic E-state index is 13.3. The highest BCUT2D eigenvalue weighted by Crippen LogP contribution is 2.30. The number of fused-ring (bicyclic) bond motifs is 1. The summed E-state index contributed by atoms with van der Waals surface area (Å²) in [5.41, 5.74) is 6.97. The van der Waals surface area contributed by atoms with Gasteiger partial charge in [-0.15, -0.1) is 0 Å². The second-order valence-electron chi connectivity index (χ2n) is 10.7. The monoisotopic (exact) mass is 530 g/mol. The van der Waals surface area contributed by atoms with Gasteiger partial charge in [-0.2, -0.15) is 5.10 Å². The molecule has 1 aliphatic rings. The predicted molar refractivity (Wildman–Crippen MR) is 159 cm³/mol. The van der Waals surface area contributed by atoms with Gasteiger partial charge in [0.2, 0.25) is 0 Å². The average molecular weight is 531 g/mol. The molecule has 1 aliphatic heterocycles. The van der Waals surface area contributed by atoms with Gasteiger partial charge in [0.15, 0.2) is 5.65 Å². The van der Waals surface area contributed by atoms with E-state index in [-0.39, 0.29) is 5.91 Å². The van der Waals surface area contributed by atoms with Gasteiger partial charge in [0.25, 0.3) is 5.91 Å². The minimum absolute atomic E-state index is 0.0859. The number of carbonyl (C=O) groups is 1. The lowest BCUT2D eigenvalue weighted by atomic mass is 10.1. The Morgan fingerprint density at radius 2 is 1.48 bits per heavy atom. The second kappa shape index (κ2) is 10.9. The quantitative estimate of drug-likeness (QED) is 0.292. The van der Waals surface area contributed by atoms with E-state index in [1.807, 2.05) is 78.0 Å². The van der Waals surface area contributed by atoms with Crippen LogP contribution in [0, 0.1) is 20.8 Å². The number of benzene rings is 3. The topological polar surface area (TPSA) is 67.2 Å². The summed E-state index contributed by atoms with van der Waals surface area (Å²) in [5.74, 6) is 1.75. The number of rotatable bonds is 5. The van der Waals surface area contributed by atoms with Crippen molar-refractivity contribution >= 4 is 22.8 Å². The molecule has 1 amide bonds. The van der Waals surface area contributed by atoms with Gasteiger partial charge in [-0.3, -0.25) is 4.79 Å². The summed E-state index contributed by atoms with van der Waals surface area (Å²) in [4.78, 5) is 27.8. The van der Waals surface area contributed by atoms with Crippen LogP contribution in [0.2, 0.25) is 0 Å². The molecule has 6 rings (SSSR count). The van der Waals surface area contributed by atoms with Crippen LogP contribution in [0.25, 0.3) is 16.7 Å². The van der Waals surface area contributed by atoms with Crippen molar-refractivity contribution in [1.29, 1.82) is 0 Å². The molecule has 0 aliphatic carbocycles. The van der Waals surface area contributed by atoms with Crippen molar-refractivity contribution in [2.75, 3.05) is 31.1 Å².